The van der Waals surface area contributed by atoms with Crippen molar-refractivity contribution in [2.24, 2.45) is 0 Å². The number of ether oxygens (including phenoxy) is 1. The molecule has 0 bridgehead atoms. The molecule has 0 fully saturated rings. The summed E-state index contributed by atoms with van der Waals surface area (Å²) in [6.07, 6.45) is 0.761. The Hall–Kier alpha value is -1.42. The van der Waals surface area contributed by atoms with E-state index in [1.165, 1.54) is 11.3 Å². The van der Waals surface area contributed by atoms with Crippen LogP contribution in [0.3, 0.4) is 0 Å². The van der Waals surface area contributed by atoms with E-state index < -0.39 is 0 Å². The Morgan fingerprint density at radius 3 is 3.08 bits per heavy atom. The number of aromatic nitrogens is 1. The molecular formula is C9H7NO2S. The number of fused-ring (bicyclic) bond motifs is 1. The van der Waals surface area contributed by atoms with Gasteiger partial charge >= 0.3 is 0 Å². The van der Waals surface area contributed by atoms with Gasteiger partial charge in [0.2, 0.25) is 0 Å². The third-order valence-corrected chi connectivity index (χ3v) is 2.67. The fourth-order valence-corrected chi connectivity index (χ4v) is 1.87. The maximum absolute atomic E-state index is 10.4. The summed E-state index contributed by atoms with van der Waals surface area (Å²) >= 11 is 1.38. The summed E-state index contributed by atoms with van der Waals surface area (Å²) in [7, 11) is 1.61. The van der Waals surface area contributed by atoms with Gasteiger partial charge in [0.1, 0.15) is 5.75 Å². The molecule has 0 N–H and O–H groups in total. The van der Waals surface area contributed by atoms with E-state index in [4.69, 9.17) is 4.74 Å². The van der Waals surface area contributed by atoms with Crippen molar-refractivity contribution >= 4 is 27.8 Å². The predicted octanol–water partition coefficient (Wildman–Crippen LogP) is 2.12. The predicted molar refractivity (Wildman–Crippen MR) is 51.6 cm³/mol. The number of thiazole rings is 1. The standard InChI is InChI=1S/C9H7NO2S/c1-12-6-2-3-8-7(4-6)10-9(5-11)13-8/h2-5H,1H3. The summed E-state index contributed by atoms with van der Waals surface area (Å²) < 4.78 is 6.04. The number of nitrogens with zero attached hydrogens (tertiary/aromatic N) is 1. The van der Waals surface area contributed by atoms with Crippen LogP contribution in [0.5, 0.6) is 5.75 Å². The Kier molecular flexibility index (Phi) is 1.98. The highest BCUT2D eigenvalue weighted by atomic mass is 32.1. The largest absolute Gasteiger partial charge is 0.497 e. The molecular weight excluding hydrogens is 186 g/mol. The zero-order valence-corrected chi connectivity index (χ0v) is 7.80. The van der Waals surface area contributed by atoms with E-state index in [-0.39, 0.29) is 0 Å². The lowest BCUT2D eigenvalue weighted by atomic mass is 10.3. The summed E-state index contributed by atoms with van der Waals surface area (Å²) in [6.45, 7) is 0. The Labute approximate surface area is 79.0 Å². The van der Waals surface area contributed by atoms with Crippen molar-refractivity contribution in [3.63, 3.8) is 0 Å². The van der Waals surface area contributed by atoms with Gasteiger partial charge in [-0.05, 0) is 12.1 Å². The molecule has 0 radical (unpaired) electrons. The Morgan fingerprint density at radius 1 is 1.54 bits per heavy atom. The Balaban J connectivity index is 2.63. The molecule has 0 amide bonds. The minimum Gasteiger partial charge on any atom is -0.497 e. The third kappa shape index (κ3) is 1.40. The highest BCUT2D eigenvalue weighted by molar-refractivity contribution is 7.20. The van der Waals surface area contributed by atoms with Crippen LogP contribution < -0.4 is 4.74 Å². The number of rotatable bonds is 2. The number of methoxy groups -OCH3 is 1. The van der Waals surface area contributed by atoms with Crippen molar-refractivity contribution in [1.29, 1.82) is 0 Å². The van der Waals surface area contributed by atoms with Gasteiger partial charge in [-0.15, -0.1) is 11.3 Å². The number of benzene rings is 1. The van der Waals surface area contributed by atoms with E-state index in [9.17, 15) is 4.79 Å². The first-order valence-electron chi connectivity index (χ1n) is 3.73. The first kappa shape index (κ1) is 8.19. The van der Waals surface area contributed by atoms with Gasteiger partial charge in [0, 0.05) is 6.07 Å². The molecule has 0 saturated carbocycles. The summed E-state index contributed by atoms with van der Waals surface area (Å²) in [6, 6.07) is 5.58. The molecule has 1 aromatic carbocycles. The van der Waals surface area contributed by atoms with E-state index >= 15 is 0 Å². The minimum absolute atomic E-state index is 0.503. The van der Waals surface area contributed by atoms with Crippen molar-refractivity contribution in [2.75, 3.05) is 7.11 Å². The highest BCUT2D eigenvalue weighted by Crippen LogP contribution is 2.24. The molecule has 3 nitrogen and oxygen atoms in total. The molecule has 0 aliphatic heterocycles. The third-order valence-electron chi connectivity index (χ3n) is 1.71. The second kappa shape index (κ2) is 3.14. The van der Waals surface area contributed by atoms with Crippen LogP contribution in [0, 0.1) is 0 Å². The second-order valence-electron chi connectivity index (χ2n) is 2.50. The molecule has 2 aromatic rings. The number of carbonyl (C=O) groups is 1. The van der Waals surface area contributed by atoms with Gasteiger partial charge < -0.3 is 4.74 Å². The van der Waals surface area contributed by atoms with Crippen LogP contribution in [0.25, 0.3) is 10.2 Å². The zero-order chi connectivity index (χ0) is 9.26. The number of hydrogen-bond acceptors (Lipinski definition) is 4. The van der Waals surface area contributed by atoms with Crippen LogP contribution >= 0.6 is 11.3 Å². The van der Waals surface area contributed by atoms with Crippen molar-refractivity contribution in [2.45, 2.75) is 0 Å². The number of hydrogen-bond donors (Lipinski definition) is 0. The molecule has 0 aliphatic rings. The SMILES string of the molecule is COc1ccc2sc(C=O)nc2c1. The Morgan fingerprint density at radius 2 is 2.38 bits per heavy atom. The van der Waals surface area contributed by atoms with Crippen LogP contribution in [-0.4, -0.2) is 18.4 Å². The molecule has 0 saturated heterocycles. The summed E-state index contributed by atoms with van der Waals surface area (Å²) in [5.41, 5.74) is 0.812. The molecule has 1 heterocycles. The van der Waals surface area contributed by atoms with Gasteiger partial charge in [-0.3, -0.25) is 4.79 Å². The summed E-state index contributed by atoms with van der Waals surface area (Å²) in [4.78, 5) is 14.6. The zero-order valence-electron chi connectivity index (χ0n) is 6.98. The second-order valence-corrected chi connectivity index (χ2v) is 3.57. The average Bonchev–Trinajstić information content (AvgIpc) is 2.58. The van der Waals surface area contributed by atoms with Crippen molar-refractivity contribution in [3.8, 4) is 5.75 Å². The molecule has 4 heteroatoms. The first-order valence-corrected chi connectivity index (χ1v) is 4.55. The number of aldehydes is 1. The molecule has 66 valence electrons. The monoisotopic (exact) mass is 193 g/mol. The Bertz CT molecular complexity index is 450. The molecule has 0 atom stereocenters. The first-order chi connectivity index (χ1) is 6.33. The van der Waals surface area contributed by atoms with Gasteiger partial charge in [0.25, 0.3) is 0 Å². The maximum atomic E-state index is 10.4. The molecule has 0 spiro atoms. The van der Waals surface area contributed by atoms with Crippen molar-refractivity contribution < 1.29 is 9.53 Å². The molecule has 0 aliphatic carbocycles. The topological polar surface area (TPSA) is 39.2 Å². The van der Waals surface area contributed by atoms with E-state index in [2.05, 4.69) is 4.98 Å². The fourth-order valence-electron chi connectivity index (χ4n) is 1.10. The van der Waals surface area contributed by atoms with Crippen LogP contribution in [0.2, 0.25) is 0 Å². The van der Waals surface area contributed by atoms with E-state index in [1.54, 1.807) is 7.11 Å². The van der Waals surface area contributed by atoms with Gasteiger partial charge in [-0.1, -0.05) is 0 Å². The lowest BCUT2D eigenvalue weighted by molar-refractivity contribution is 0.112. The van der Waals surface area contributed by atoms with Crippen LogP contribution in [-0.2, 0) is 0 Å². The molecule has 13 heavy (non-hydrogen) atoms. The van der Waals surface area contributed by atoms with Gasteiger partial charge in [-0.2, -0.15) is 0 Å². The highest BCUT2D eigenvalue weighted by Gasteiger charge is 2.03. The van der Waals surface area contributed by atoms with E-state index in [0.717, 1.165) is 22.3 Å². The molecule has 0 unspecified atom stereocenters. The molecule has 1 aromatic heterocycles. The van der Waals surface area contributed by atoms with Crippen LogP contribution in [0.1, 0.15) is 9.80 Å². The summed E-state index contributed by atoms with van der Waals surface area (Å²) in [5.74, 6) is 0.759. The average molecular weight is 193 g/mol. The number of carbonyl (C=O) groups excluding carboxylic acids is 1. The van der Waals surface area contributed by atoms with Gasteiger partial charge in [-0.25, -0.2) is 4.98 Å². The smallest absolute Gasteiger partial charge is 0.178 e. The lowest BCUT2D eigenvalue weighted by Crippen LogP contribution is -1.81. The van der Waals surface area contributed by atoms with Crippen LogP contribution in [0.15, 0.2) is 18.2 Å². The van der Waals surface area contributed by atoms with E-state index in [1.807, 2.05) is 18.2 Å². The van der Waals surface area contributed by atoms with Gasteiger partial charge in [0.05, 0.1) is 17.3 Å². The van der Waals surface area contributed by atoms with Crippen LogP contribution in [0.4, 0.5) is 0 Å². The van der Waals surface area contributed by atoms with Crippen molar-refractivity contribution in [1.82, 2.24) is 4.98 Å². The van der Waals surface area contributed by atoms with Gasteiger partial charge in [0.15, 0.2) is 11.3 Å². The quantitative estimate of drug-likeness (QED) is 0.686. The summed E-state index contributed by atoms with van der Waals surface area (Å²) in [5, 5.41) is 0.503. The minimum atomic E-state index is 0.503. The molecule has 2 rings (SSSR count). The van der Waals surface area contributed by atoms with E-state index in [0.29, 0.717) is 5.01 Å². The lowest BCUT2D eigenvalue weighted by Gasteiger charge is -1.96. The normalized spacial score (nSPS) is 10.2. The fraction of sp³-hybridized carbons (Fsp3) is 0.111. The maximum Gasteiger partial charge on any atom is 0.178 e. The van der Waals surface area contributed by atoms with Crippen molar-refractivity contribution in [3.05, 3.63) is 23.2 Å².